The van der Waals surface area contributed by atoms with Gasteiger partial charge in [0.15, 0.2) is 0 Å². The Morgan fingerprint density at radius 1 is 1.38 bits per heavy atom. The molecule has 0 aliphatic carbocycles. The van der Waals surface area contributed by atoms with Crippen LogP contribution in [0.15, 0.2) is 12.2 Å². The third-order valence-electron chi connectivity index (χ3n) is 2.31. The summed E-state index contributed by atoms with van der Waals surface area (Å²) in [4.78, 5) is 10.8. The summed E-state index contributed by atoms with van der Waals surface area (Å²) in [5.41, 5.74) is 0. The van der Waals surface area contributed by atoms with Crippen molar-refractivity contribution in [3.8, 4) is 0 Å². The summed E-state index contributed by atoms with van der Waals surface area (Å²) in [6.07, 6.45) is 7.27. The number of Topliss-reactive ketones (excluding diaryl/α,β-unsaturated/α-hetero) is 1. The Morgan fingerprint density at radius 3 is 2.38 bits per heavy atom. The number of hydrogen-bond acceptors (Lipinski definition) is 1. The highest BCUT2D eigenvalue weighted by molar-refractivity contribution is 5.75. The number of carbonyl (C=O) groups excluding carboxylic acids is 1. The van der Waals surface area contributed by atoms with E-state index in [1.165, 1.54) is 0 Å². The van der Waals surface area contributed by atoms with Crippen LogP contribution in [-0.2, 0) is 4.79 Å². The fourth-order valence-corrected chi connectivity index (χ4v) is 1.33. The van der Waals surface area contributed by atoms with Crippen LogP contribution in [0, 0.1) is 11.8 Å². The summed E-state index contributed by atoms with van der Waals surface area (Å²) in [7, 11) is 0. The Balaban J connectivity index is 3.95. The van der Waals surface area contributed by atoms with Gasteiger partial charge in [0.25, 0.3) is 0 Å². The van der Waals surface area contributed by atoms with E-state index < -0.39 is 0 Å². The predicted molar refractivity (Wildman–Crippen MR) is 57.7 cm³/mol. The molecule has 76 valence electrons. The van der Waals surface area contributed by atoms with Crippen LogP contribution >= 0.6 is 0 Å². The zero-order valence-corrected chi connectivity index (χ0v) is 9.34. The molecule has 0 spiro atoms. The number of allylic oxidation sites excluding steroid dienone is 2. The van der Waals surface area contributed by atoms with Gasteiger partial charge in [0.05, 0.1) is 0 Å². The predicted octanol–water partition coefficient (Wildman–Crippen LogP) is 3.59. The number of carbonyl (C=O) groups is 1. The average Bonchev–Trinajstić information content (AvgIpc) is 2.03. The SMILES string of the molecule is CCC=CC(CCC(C)=O)C(C)C. The van der Waals surface area contributed by atoms with Crippen molar-refractivity contribution in [3.05, 3.63) is 12.2 Å². The highest BCUT2D eigenvalue weighted by Crippen LogP contribution is 2.18. The number of rotatable bonds is 6. The van der Waals surface area contributed by atoms with E-state index in [9.17, 15) is 4.79 Å². The normalized spacial score (nSPS) is 13.9. The molecular weight excluding hydrogens is 160 g/mol. The maximum Gasteiger partial charge on any atom is 0.129 e. The Hall–Kier alpha value is -0.590. The third kappa shape index (κ3) is 6.56. The molecule has 0 saturated carbocycles. The van der Waals surface area contributed by atoms with Crippen LogP contribution in [0.25, 0.3) is 0 Å². The Labute approximate surface area is 82.2 Å². The van der Waals surface area contributed by atoms with Crippen LogP contribution in [0.1, 0.15) is 47.0 Å². The van der Waals surface area contributed by atoms with Crippen molar-refractivity contribution in [2.45, 2.75) is 47.0 Å². The summed E-state index contributed by atoms with van der Waals surface area (Å²) in [5, 5.41) is 0. The Kier molecular flexibility index (Phi) is 6.56. The lowest BCUT2D eigenvalue weighted by Crippen LogP contribution is -2.07. The van der Waals surface area contributed by atoms with Gasteiger partial charge >= 0.3 is 0 Å². The first-order valence-electron chi connectivity index (χ1n) is 5.24. The fourth-order valence-electron chi connectivity index (χ4n) is 1.33. The molecule has 0 aromatic carbocycles. The maximum absolute atomic E-state index is 10.8. The first-order valence-corrected chi connectivity index (χ1v) is 5.24. The van der Waals surface area contributed by atoms with E-state index >= 15 is 0 Å². The lowest BCUT2D eigenvalue weighted by Gasteiger charge is -2.15. The van der Waals surface area contributed by atoms with Crippen molar-refractivity contribution in [2.75, 3.05) is 0 Å². The van der Waals surface area contributed by atoms with E-state index in [0.717, 1.165) is 19.3 Å². The Morgan fingerprint density at radius 2 is 2.00 bits per heavy atom. The first kappa shape index (κ1) is 12.4. The largest absolute Gasteiger partial charge is 0.300 e. The van der Waals surface area contributed by atoms with E-state index in [1.54, 1.807) is 6.92 Å². The minimum absolute atomic E-state index is 0.301. The van der Waals surface area contributed by atoms with E-state index in [0.29, 0.717) is 17.6 Å². The molecule has 0 aliphatic heterocycles. The van der Waals surface area contributed by atoms with Gasteiger partial charge in [-0.15, -0.1) is 0 Å². The molecule has 1 atom stereocenters. The van der Waals surface area contributed by atoms with Gasteiger partial charge in [-0.3, -0.25) is 0 Å². The molecule has 0 rings (SSSR count). The van der Waals surface area contributed by atoms with E-state index in [2.05, 4.69) is 32.9 Å². The molecule has 0 aromatic rings. The van der Waals surface area contributed by atoms with Gasteiger partial charge in [0.1, 0.15) is 5.78 Å². The molecule has 0 heterocycles. The quantitative estimate of drug-likeness (QED) is 0.574. The summed E-state index contributed by atoms with van der Waals surface area (Å²) in [6.45, 7) is 8.23. The molecule has 0 aliphatic rings. The second-order valence-electron chi connectivity index (χ2n) is 3.98. The summed E-state index contributed by atoms with van der Waals surface area (Å²) >= 11 is 0. The van der Waals surface area contributed by atoms with Gasteiger partial charge in [-0.05, 0) is 31.6 Å². The van der Waals surface area contributed by atoms with Crippen molar-refractivity contribution < 1.29 is 4.79 Å². The standard InChI is InChI=1S/C12H22O/c1-5-6-7-12(10(2)3)9-8-11(4)13/h6-7,10,12H,5,8-9H2,1-4H3. The van der Waals surface area contributed by atoms with Crippen LogP contribution in [0.2, 0.25) is 0 Å². The summed E-state index contributed by atoms with van der Waals surface area (Å²) in [5.74, 6) is 1.52. The van der Waals surface area contributed by atoms with Gasteiger partial charge in [0, 0.05) is 6.42 Å². The Bertz CT molecular complexity index is 168. The zero-order valence-electron chi connectivity index (χ0n) is 9.34. The topological polar surface area (TPSA) is 17.1 Å². The summed E-state index contributed by atoms with van der Waals surface area (Å²) < 4.78 is 0. The molecule has 1 heteroatoms. The van der Waals surface area contributed by atoms with Crippen molar-refractivity contribution in [1.29, 1.82) is 0 Å². The van der Waals surface area contributed by atoms with Crippen molar-refractivity contribution in [3.63, 3.8) is 0 Å². The molecule has 0 radical (unpaired) electrons. The van der Waals surface area contributed by atoms with Crippen LogP contribution in [0.4, 0.5) is 0 Å². The highest BCUT2D eigenvalue weighted by atomic mass is 16.1. The van der Waals surface area contributed by atoms with Gasteiger partial charge < -0.3 is 4.79 Å². The van der Waals surface area contributed by atoms with Crippen molar-refractivity contribution >= 4 is 5.78 Å². The molecular formula is C12H22O. The second-order valence-corrected chi connectivity index (χ2v) is 3.98. The maximum atomic E-state index is 10.8. The average molecular weight is 182 g/mol. The molecule has 1 unspecified atom stereocenters. The molecule has 0 aromatic heterocycles. The molecule has 0 saturated heterocycles. The molecule has 13 heavy (non-hydrogen) atoms. The highest BCUT2D eigenvalue weighted by Gasteiger charge is 2.09. The lowest BCUT2D eigenvalue weighted by molar-refractivity contribution is -0.117. The van der Waals surface area contributed by atoms with E-state index in [-0.39, 0.29) is 0 Å². The number of ketones is 1. The van der Waals surface area contributed by atoms with Gasteiger partial charge in [-0.1, -0.05) is 32.9 Å². The van der Waals surface area contributed by atoms with E-state index in [1.807, 2.05) is 0 Å². The molecule has 0 amide bonds. The molecule has 0 bridgehead atoms. The third-order valence-corrected chi connectivity index (χ3v) is 2.31. The van der Waals surface area contributed by atoms with Crippen molar-refractivity contribution in [1.82, 2.24) is 0 Å². The van der Waals surface area contributed by atoms with Gasteiger partial charge in [-0.2, -0.15) is 0 Å². The zero-order chi connectivity index (χ0) is 10.3. The molecule has 1 nitrogen and oxygen atoms in total. The minimum atomic E-state index is 0.301. The molecule has 0 fully saturated rings. The van der Waals surface area contributed by atoms with Crippen LogP contribution in [0.5, 0.6) is 0 Å². The first-order chi connectivity index (χ1) is 6.07. The minimum Gasteiger partial charge on any atom is -0.300 e. The van der Waals surface area contributed by atoms with Crippen molar-refractivity contribution in [2.24, 2.45) is 11.8 Å². The smallest absolute Gasteiger partial charge is 0.129 e. The number of hydrogen-bond donors (Lipinski definition) is 0. The van der Waals surface area contributed by atoms with Crippen LogP contribution in [0.3, 0.4) is 0 Å². The van der Waals surface area contributed by atoms with Crippen LogP contribution < -0.4 is 0 Å². The summed E-state index contributed by atoms with van der Waals surface area (Å²) in [6, 6.07) is 0. The van der Waals surface area contributed by atoms with Crippen LogP contribution in [-0.4, -0.2) is 5.78 Å². The monoisotopic (exact) mass is 182 g/mol. The fraction of sp³-hybridized carbons (Fsp3) is 0.750. The molecule has 0 N–H and O–H groups in total. The second kappa shape index (κ2) is 6.88. The van der Waals surface area contributed by atoms with E-state index in [4.69, 9.17) is 0 Å². The van der Waals surface area contributed by atoms with Gasteiger partial charge in [0.2, 0.25) is 0 Å². The van der Waals surface area contributed by atoms with Gasteiger partial charge in [-0.25, -0.2) is 0 Å². The lowest BCUT2D eigenvalue weighted by atomic mass is 9.90.